The summed E-state index contributed by atoms with van der Waals surface area (Å²) >= 11 is 1.39. The largest absolute Gasteiger partial charge is 0.325 e. The predicted molar refractivity (Wildman–Crippen MR) is 111 cm³/mol. The van der Waals surface area contributed by atoms with Gasteiger partial charge < -0.3 is 5.32 Å². The van der Waals surface area contributed by atoms with E-state index in [1.54, 1.807) is 0 Å². The molecule has 0 aliphatic heterocycles. The summed E-state index contributed by atoms with van der Waals surface area (Å²) in [6, 6.07) is 14.4. The van der Waals surface area contributed by atoms with Crippen LogP contribution in [0.4, 0.5) is 5.69 Å². The van der Waals surface area contributed by atoms with Gasteiger partial charge in [0.25, 0.3) is 0 Å². The molecule has 1 amide bonds. The predicted octanol–water partition coefficient (Wildman–Crippen LogP) is 4.49. The summed E-state index contributed by atoms with van der Waals surface area (Å²) in [6.07, 6.45) is 1.00. The van der Waals surface area contributed by atoms with Crippen LogP contribution in [0.3, 0.4) is 0 Å². The maximum absolute atomic E-state index is 12.4. The molecule has 0 aliphatic carbocycles. The van der Waals surface area contributed by atoms with Gasteiger partial charge in [-0.3, -0.25) is 9.36 Å². The number of nitrogens with zero attached hydrogens (tertiary/aromatic N) is 3. The van der Waals surface area contributed by atoms with Gasteiger partial charge in [-0.2, -0.15) is 0 Å². The average Bonchev–Trinajstić information content (AvgIpc) is 3.00. The lowest BCUT2D eigenvalue weighted by molar-refractivity contribution is -0.113. The van der Waals surface area contributed by atoms with Crippen LogP contribution < -0.4 is 5.32 Å². The minimum Gasteiger partial charge on any atom is -0.325 e. The van der Waals surface area contributed by atoms with Crippen LogP contribution in [0.25, 0.3) is 5.69 Å². The second-order valence-electron chi connectivity index (χ2n) is 6.60. The van der Waals surface area contributed by atoms with E-state index in [-0.39, 0.29) is 11.7 Å². The Morgan fingerprint density at radius 1 is 1.04 bits per heavy atom. The van der Waals surface area contributed by atoms with Crippen molar-refractivity contribution in [3.63, 3.8) is 0 Å². The molecule has 0 spiro atoms. The Kier molecular flexibility index (Phi) is 5.96. The number of aryl methyl sites for hydroxylation is 4. The molecule has 3 rings (SSSR count). The molecule has 2 aromatic carbocycles. The molecule has 0 saturated carbocycles. The van der Waals surface area contributed by atoms with E-state index in [4.69, 9.17) is 0 Å². The summed E-state index contributed by atoms with van der Waals surface area (Å²) in [7, 11) is 0. The molecule has 0 unspecified atom stereocenters. The first-order valence-electron chi connectivity index (χ1n) is 8.98. The molecule has 0 radical (unpaired) electrons. The number of anilines is 1. The van der Waals surface area contributed by atoms with Crippen molar-refractivity contribution >= 4 is 23.4 Å². The van der Waals surface area contributed by atoms with E-state index >= 15 is 0 Å². The lowest BCUT2D eigenvalue weighted by Gasteiger charge is -2.10. The fourth-order valence-electron chi connectivity index (χ4n) is 2.99. The SMILES string of the molecule is CCc1ccc(-n2c(C)nnc2SCC(=O)Nc2cc(C)cc(C)c2)cc1. The molecule has 1 heterocycles. The zero-order chi connectivity index (χ0) is 19.4. The Morgan fingerprint density at radius 2 is 1.70 bits per heavy atom. The highest BCUT2D eigenvalue weighted by Gasteiger charge is 2.13. The maximum atomic E-state index is 12.4. The third kappa shape index (κ3) is 4.77. The van der Waals surface area contributed by atoms with Gasteiger partial charge in [0.1, 0.15) is 5.82 Å². The molecule has 0 saturated heterocycles. The number of hydrogen-bond acceptors (Lipinski definition) is 4. The number of rotatable bonds is 6. The van der Waals surface area contributed by atoms with Gasteiger partial charge >= 0.3 is 0 Å². The molecular weight excluding hydrogens is 356 g/mol. The Bertz CT molecular complexity index is 927. The molecule has 140 valence electrons. The van der Waals surface area contributed by atoms with Crippen LogP contribution in [0.5, 0.6) is 0 Å². The van der Waals surface area contributed by atoms with E-state index in [0.29, 0.717) is 5.16 Å². The molecule has 1 aromatic heterocycles. The number of nitrogens with one attached hydrogen (secondary N) is 1. The van der Waals surface area contributed by atoms with Crippen LogP contribution >= 0.6 is 11.8 Å². The zero-order valence-corrected chi connectivity index (χ0v) is 16.9. The number of hydrogen-bond donors (Lipinski definition) is 1. The lowest BCUT2D eigenvalue weighted by Crippen LogP contribution is -2.14. The topological polar surface area (TPSA) is 59.8 Å². The highest BCUT2D eigenvalue weighted by atomic mass is 32.2. The quantitative estimate of drug-likeness (QED) is 0.640. The van der Waals surface area contributed by atoms with E-state index in [9.17, 15) is 4.79 Å². The molecule has 3 aromatic rings. The number of carbonyl (C=O) groups excluding carboxylic acids is 1. The summed E-state index contributed by atoms with van der Waals surface area (Å²) in [6.45, 7) is 8.09. The fourth-order valence-corrected chi connectivity index (χ4v) is 3.79. The summed E-state index contributed by atoms with van der Waals surface area (Å²) in [5.74, 6) is 1.02. The molecule has 5 nitrogen and oxygen atoms in total. The Balaban J connectivity index is 1.70. The first-order valence-corrected chi connectivity index (χ1v) is 9.97. The summed E-state index contributed by atoms with van der Waals surface area (Å²) in [4.78, 5) is 12.4. The van der Waals surface area contributed by atoms with Gasteiger partial charge in [0.05, 0.1) is 5.75 Å². The zero-order valence-electron chi connectivity index (χ0n) is 16.1. The van der Waals surface area contributed by atoms with Crippen molar-refractivity contribution in [1.82, 2.24) is 14.8 Å². The van der Waals surface area contributed by atoms with Crippen molar-refractivity contribution in [2.75, 3.05) is 11.1 Å². The number of carbonyl (C=O) groups is 1. The Labute approximate surface area is 164 Å². The molecule has 6 heteroatoms. The maximum Gasteiger partial charge on any atom is 0.234 e. The van der Waals surface area contributed by atoms with Crippen LogP contribution in [0.15, 0.2) is 47.6 Å². The third-order valence-electron chi connectivity index (χ3n) is 4.24. The average molecular weight is 381 g/mol. The number of benzene rings is 2. The first-order chi connectivity index (χ1) is 13.0. The van der Waals surface area contributed by atoms with E-state index in [1.165, 1.54) is 17.3 Å². The van der Waals surface area contributed by atoms with E-state index in [0.717, 1.165) is 34.7 Å². The number of amides is 1. The van der Waals surface area contributed by atoms with Gasteiger partial charge in [0.2, 0.25) is 5.91 Å². The number of aromatic nitrogens is 3. The van der Waals surface area contributed by atoms with Crippen LogP contribution in [-0.4, -0.2) is 26.4 Å². The lowest BCUT2D eigenvalue weighted by atomic mass is 10.1. The molecule has 0 aliphatic rings. The van der Waals surface area contributed by atoms with Crippen LogP contribution in [0, 0.1) is 20.8 Å². The summed E-state index contributed by atoms with van der Waals surface area (Å²) in [5, 5.41) is 12.1. The summed E-state index contributed by atoms with van der Waals surface area (Å²) in [5.41, 5.74) is 5.37. The second-order valence-corrected chi connectivity index (χ2v) is 7.54. The standard InChI is InChI=1S/C21H24N4OS/c1-5-17-6-8-19(9-7-17)25-16(4)23-24-21(25)27-13-20(26)22-18-11-14(2)10-15(3)12-18/h6-12H,5,13H2,1-4H3,(H,22,26). The third-order valence-corrected chi connectivity index (χ3v) is 5.16. The van der Waals surface area contributed by atoms with Crippen molar-refractivity contribution in [2.45, 2.75) is 39.3 Å². The second kappa shape index (κ2) is 8.39. The van der Waals surface area contributed by atoms with Gasteiger partial charge in [-0.15, -0.1) is 10.2 Å². The van der Waals surface area contributed by atoms with Crippen molar-refractivity contribution in [3.8, 4) is 5.69 Å². The smallest absolute Gasteiger partial charge is 0.234 e. The van der Waals surface area contributed by atoms with Gasteiger partial charge in [0.15, 0.2) is 5.16 Å². The highest BCUT2D eigenvalue weighted by Crippen LogP contribution is 2.23. The van der Waals surface area contributed by atoms with Gasteiger partial charge in [-0.05, 0) is 68.1 Å². The molecule has 27 heavy (non-hydrogen) atoms. The monoisotopic (exact) mass is 380 g/mol. The molecule has 0 atom stereocenters. The van der Waals surface area contributed by atoms with Crippen LogP contribution in [0.1, 0.15) is 29.4 Å². The van der Waals surface area contributed by atoms with Crippen molar-refractivity contribution in [2.24, 2.45) is 0 Å². The molecule has 1 N–H and O–H groups in total. The minimum absolute atomic E-state index is 0.0569. The number of thioether (sulfide) groups is 1. The molecular formula is C21H24N4OS. The van der Waals surface area contributed by atoms with E-state index in [2.05, 4.69) is 52.8 Å². The molecule has 0 fully saturated rings. The van der Waals surface area contributed by atoms with Gasteiger partial charge in [-0.1, -0.05) is 36.9 Å². The van der Waals surface area contributed by atoms with Crippen LogP contribution in [0.2, 0.25) is 0 Å². The van der Waals surface area contributed by atoms with Crippen molar-refractivity contribution in [1.29, 1.82) is 0 Å². The Morgan fingerprint density at radius 3 is 2.33 bits per heavy atom. The first kappa shape index (κ1) is 19.2. The van der Waals surface area contributed by atoms with Crippen molar-refractivity contribution < 1.29 is 4.79 Å². The Hall–Kier alpha value is -2.60. The summed E-state index contributed by atoms with van der Waals surface area (Å²) < 4.78 is 1.98. The highest BCUT2D eigenvalue weighted by molar-refractivity contribution is 7.99. The van der Waals surface area contributed by atoms with Crippen molar-refractivity contribution in [3.05, 3.63) is 65.0 Å². The van der Waals surface area contributed by atoms with E-state index in [1.807, 2.05) is 37.5 Å². The van der Waals surface area contributed by atoms with Gasteiger partial charge in [0, 0.05) is 11.4 Å². The van der Waals surface area contributed by atoms with Crippen LogP contribution in [-0.2, 0) is 11.2 Å². The van der Waals surface area contributed by atoms with E-state index < -0.39 is 0 Å². The van der Waals surface area contributed by atoms with Gasteiger partial charge in [-0.25, -0.2) is 0 Å². The molecule has 0 bridgehead atoms. The normalized spacial score (nSPS) is 10.8. The fraction of sp³-hybridized carbons (Fsp3) is 0.286. The minimum atomic E-state index is -0.0569.